The van der Waals surface area contributed by atoms with Gasteiger partial charge < -0.3 is 14.3 Å². The maximum absolute atomic E-state index is 13.1. The highest BCUT2D eigenvalue weighted by molar-refractivity contribution is 6.51. The Labute approximate surface area is 174 Å². The van der Waals surface area contributed by atoms with Crippen LogP contribution in [-0.2, 0) is 16.1 Å². The number of nitrogens with one attached hydrogen (secondary N) is 1. The summed E-state index contributed by atoms with van der Waals surface area (Å²) in [6.45, 7) is 2.80. The molecular weight excluding hydrogens is 374 g/mol. The van der Waals surface area contributed by atoms with Crippen LogP contribution in [0.3, 0.4) is 0 Å². The summed E-state index contributed by atoms with van der Waals surface area (Å²) in [5.74, 6) is -0.222. The van der Waals surface area contributed by atoms with Crippen LogP contribution < -0.4 is 0 Å². The van der Waals surface area contributed by atoms with Gasteiger partial charge in [0.1, 0.15) is 0 Å². The van der Waals surface area contributed by atoms with Gasteiger partial charge >= 0.3 is 0 Å². The van der Waals surface area contributed by atoms with E-state index in [1.165, 1.54) is 0 Å². The lowest BCUT2D eigenvalue weighted by molar-refractivity contribution is -0.119. The first-order valence-electron chi connectivity index (χ1n) is 10.1. The molecule has 0 bridgehead atoms. The minimum atomic E-state index is -0.112. The van der Waals surface area contributed by atoms with E-state index in [0.717, 1.165) is 45.3 Å². The molecule has 1 aromatic carbocycles. The van der Waals surface area contributed by atoms with Crippen molar-refractivity contribution in [3.63, 3.8) is 0 Å². The number of allylic oxidation sites excluding steroid dienone is 2. The number of benzene rings is 1. The number of pyridine rings is 1. The van der Waals surface area contributed by atoms with Crippen LogP contribution in [0.4, 0.5) is 0 Å². The quantitative estimate of drug-likeness (QED) is 0.524. The maximum atomic E-state index is 13.1. The number of para-hydroxylation sites is 1. The molecule has 0 unspecified atom stereocenters. The van der Waals surface area contributed by atoms with Crippen LogP contribution in [0.1, 0.15) is 28.8 Å². The fourth-order valence-corrected chi connectivity index (χ4v) is 4.54. The summed E-state index contributed by atoms with van der Waals surface area (Å²) in [6, 6.07) is 14.1. The number of ketones is 2. The predicted octanol–water partition coefficient (Wildman–Crippen LogP) is 4.24. The molecule has 1 N–H and O–H groups in total. The van der Waals surface area contributed by atoms with Crippen molar-refractivity contribution in [2.75, 3.05) is 14.1 Å². The van der Waals surface area contributed by atoms with E-state index >= 15 is 0 Å². The SMILES string of the molecule is Cc1cc2ccc(CN(C)C)cn2c1C1=C(c2c[nH]c3ccccc23)C(=O)CC1=O. The van der Waals surface area contributed by atoms with Gasteiger partial charge in [0.2, 0.25) is 0 Å². The standard InChI is InChI=1S/C25H23N3O2/c1-15-10-17-9-8-16(13-27(2)3)14-28(17)25(15)24-22(30)11-21(29)23(24)19-12-26-20-7-5-4-6-18(19)20/h4-10,12,14,26H,11,13H2,1-3H3. The number of Topliss-reactive ketones (excluding diaryl/α,β-unsaturated/α-hetero) is 2. The first kappa shape index (κ1) is 18.6. The summed E-state index contributed by atoms with van der Waals surface area (Å²) < 4.78 is 2.06. The Bertz CT molecular complexity index is 1370. The van der Waals surface area contributed by atoms with Crippen molar-refractivity contribution in [3.8, 4) is 0 Å². The average molecular weight is 397 g/mol. The van der Waals surface area contributed by atoms with Crippen LogP contribution >= 0.6 is 0 Å². The molecule has 0 spiro atoms. The normalized spacial score (nSPS) is 14.8. The number of aryl methyl sites for hydroxylation is 1. The van der Waals surface area contributed by atoms with E-state index in [0.29, 0.717) is 11.1 Å². The van der Waals surface area contributed by atoms with Crippen molar-refractivity contribution in [1.29, 1.82) is 0 Å². The number of fused-ring (bicyclic) bond motifs is 2. The topological polar surface area (TPSA) is 57.6 Å². The van der Waals surface area contributed by atoms with Gasteiger partial charge in [-0.05, 0) is 50.3 Å². The summed E-state index contributed by atoms with van der Waals surface area (Å²) in [7, 11) is 4.06. The van der Waals surface area contributed by atoms with Crippen LogP contribution in [0.15, 0.2) is 54.9 Å². The highest BCUT2D eigenvalue weighted by atomic mass is 16.2. The zero-order chi connectivity index (χ0) is 21.0. The zero-order valence-electron chi connectivity index (χ0n) is 17.3. The molecule has 5 rings (SSSR count). The monoisotopic (exact) mass is 397 g/mol. The molecule has 5 heteroatoms. The van der Waals surface area contributed by atoms with Gasteiger partial charge in [-0.25, -0.2) is 0 Å². The molecule has 5 nitrogen and oxygen atoms in total. The third-order valence-corrected chi connectivity index (χ3v) is 5.74. The number of carbonyl (C=O) groups is 2. The number of rotatable bonds is 4. The summed E-state index contributed by atoms with van der Waals surface area (Å²) in [4.78, 5) is 31.4. The molecule has 4 aromatic rings. The van der Waals surface area contributed by atoms with E-state index in [1.54, 1.807) is 0 Å². The predicted molar refractivity (Wildman–Crippen MR) is 119 cm³/mol. The summed E-state index contributed by atoms with van der Waals surface area (Å²) >= 11 is 0. The van der Waals surface area contributed by atoms with Gasteiger partial charge in [0.15, 0.2) is 11.6 Å². The van der Waals surface area contributed by atoms with Crippen molar-refractivity contribution >= 4 is 39.1 Å². The lowest BCUT2D eigenvalue weighted by Crippen LogP contribution is -2.11. The van der Waals surface area contributed by atoms with E-state index in [1.807, 2.05) is 51.5 Å². The Hall–Kier alpha value is -3.44. The minimum absolute atomic E-state index is 0.0752. The highest BCUT2D eigenvalue weighted by Crippen LogP contribution is 2.40. The fraction of sp³-hybridized carbons (Fsp3) is 0.200. The van der Waals surface area contributed by atoms with E-state index in [-0.39, 0.29) is 18.0 Å². The summed E-state index contributed by atoms with van der Waals surface area (Å²) in [5, 5.41) is 0.958. The molecule has 0 fully saturated rings. The summed E-state index contributed by atoms with van der Waals surface area (Å²) in [5.41, 5.74) is 6.79. The van der Waals surface area contributed by atoms with Crippen molar-refractivity contribution in [1.82, 2.24) is 14.3 Å². The number of H-pyrrole nitrogens is 1. The smallest absolute Gasteiger partial charge is 0.173 e. The van der Waals surface area contributed by atoms with Crippen LogP contribution in [0.25, 0.3) is 27.6 Å². The van der Waals surface area contributed by atoms with Crippen LogP contribution in [-0.4, -0.2) is 39.9 Å². The minimum Gasteiger partial charge on any atom is -0.361 e. The van der Waals surface area contributed by atoms with E-state index in [4.69, 9.17) is 0 Å². The number of nitrogens with zero attached hydrogens (tertiary/aromatic N) is 2. The molecule has 0 aliphatic heterocycles. The molecule has 1 aliphatic carbocycles. The van der Waals surface area contributed by atoms with E-state index in [2.05, 4.69) is 38.7 Å². The van der Waals surface area contributed by atoms with E-state index < -0.39 is 0 Å². The zero-order valence-corrected chi connectivity index (χ0v) is 17.3. The Morgan fingerprint density at radius 1 is 1.03 bits per heavy atom. The number of carbonyl (C=O) groups excluding carboxylic acids is 2. The van der Waals surface area contributed by atoms with Crippen LogP contribution in [0, 0.1) is 6.92 Å². The number of hydrogen-bond acceptors (Lipinski definition) is 3. The second-order valence-corrected chi connectivity index (χ2v) is 8.27. The Morgan fingerprint density at radius 3 is 2.60 bits per heavy atom. The van der Waals surface area contributed by atoms with Gasteiger partial charge in [0.25, 0.3) is 0 Å². The second-order valence-electron chi connectivity index (χ2n) is 8.27. The molecular formula is C25H23N3O2. The van der Waals surface area contributed by atoms with Gasteiger partial charge in [-0.15, -0.1) is 0 Å². The van der Waals surface area contributed by atoms with Crippen molar-refractivity contribution in [2.24, 2.45) is 0 Å². The van der Waals surface area contributed by atoms with Crippen molar-refractivity contribution in [2.45, 2.75) is 19.9 Å². The fourth-order valence-electron chi connectivity index (χ4n) is 4.54. The number of aromatic nitrogens is 2. The molecule has 30 heavy (non-hydrogen) atoms. The molecule has 0 saturated heterocycles. The van der Waals surface area contributed by atoms with Crippen LogP contribution in [0.2, 0.25) is 0 Å². The van der Waals surface area contributed by atoms with Gasteiger partial charge in [-0.3, -0.25) is 9.59 Å². The summed E-state index contributed by atoms with van der Waals surface area (Å²) in [6.07, 6.45) is 3.85. The van der Waals surface area contributed by atoms with Gasteiger partial charge in [0.05, 0.1) is 17.7 Å². The van der Waals surface area contributed by atoms with E-state index in [9.17, 15) is 9.59 Å². The highest BCUT2D eigenvalue weighted by Gasteiger charge is 2.35. The Balaban J connectivity index is 1.80. The first-order chi connectivity index (χ1) is 14.4. The number of aromatic amines is 1. The maximum Gasteiger partial charge on any atom is 0.173 e. The molecule has 1 aliphatic rings. The van der Waals surface area contributed by atoms with Crippen LogP contribution in [0.5, 0.6) is 0 Å². The largest absolute Gasteiger partial charge is 0.361 e. The van der Waals surface area contributed by atoms with Crippen molar-refractivity contribution in [3.05, 3.63) is 77.2 Å². The molecule has 0 amide bonds. The molecule has 0 atom stereocenters. The molecule has 0 saturated carbocycles. The lowest BCUT2D eigenvalue weighted by atomic mass is 9.97. The lowest BCUT2D eigenvalue weighted by Gasteiger charge is -2.12. The van der Waals surface area contributed by atoms with Gasteiger partial charge in [-0.2, -0.15) is 0 Å². The Morgan fingerprint density at radius 2 is 1.80 bits per heavy atom. The Kier molecular flexibility index (Phi) is 4.22. The number of hydrogen-bond donors (Lipinski definition) is 1. The molecule has 150 valence electrons. The molecule has 0 radical (unpaired) electrons. The third-order valence-electron chi connectivity index (χ3n) is 5.74. The third kappa shape index (κ3) is 2.82. The van der Waals surface area contributed by atoms with Crippen molar-refractivity contribution < 1.29 is 9.59 Å². The average Bonchev–Trinajstić information content (AvgIpc) is 3.33. The van der Waals surface area contributed by atoms with Gasteiger partial charge in [0, 0.05) is 46.5 Å². The molecule has 3 heterocycles. The second kappa shape index (κ2) is 6.82. The first-order valence-corrected chi connectivity index (χ1v) is 10.1. The molecule has 3 aromatic heterocycles. The van der Waals surface area contributed by atoms with Gasteiger partial charge in [-0.1, -0.05) is 24.3 Å².